The highest BCUT2D eigenvalue weighted by Crippen LogP contribution is 2.60. The van der Waals surface area contributed by atoms with E-state index in [0.717, 1.165) is 11.8 Å². The Morgan fingerprint density at radius 2 is 1.47 bits per heavy atom. The largest absolute Gasteiger partial charge is 0.354 e. The predicted octanol–water partition coefficient (Wildman–Crippen LogP) is 4.59. The van der Waals surface area contributed by atoms with Crippen LogP contribution in [-0.4, -0.2) is 13.2 Å². The first kappa shape index (κ1) is 13.9. The molecule has 4 heteroatoms. The molecule has 4 bridgehead atoms. The monoisotopic (exact) mass is 284 g/mol. The molecule has 0 unspecified atom stereocenters. The fraction of sp³-hybridized carbons (Fsp3) is 0.867. The molecule has 0 radical (unpaired) electrons. The van der Waals surface area contributed by atoms with Crippen LogP contribution in [-0.2, 0) is 13.6 Å². The van der Waals surface area contributed by atoms with Gasteiger partial charge in [-0.3, -0.25) is 4.57 Å². The van der Waals surface area contributed by atoms with Crippen molar-refractivity contribution in [3.05, 3.63) is 11.4 Å². The van der Waals surface area contributed by atoms with Crippen molar-refractivity contribution in [2.24, 2.45) is 23.7 Å². The van der Waals surface area contributed by atoms with E-state index in [1.54, 1.807) is 0 Å². The molecular weight excluding hydrogens is 259 g/mol. The molecule has 0 aromatic carbocycles. The Labute approximate surface area is 116 Å². The summed E-state index contributed by atoms with van der Waals surface area (Å²) in [5.41, 5.74) is 1.40. The van der Waals surface area contributed by atoms with E-state index in [0.29, 0.717) is 25.0 Å². The first-order valence-corrected chi connectivity index (χ1v) is 9.36. The van der Waals surface area contributed by atoms with Crippen molar-refractivity contribution >= 4 is 7.60 Å². The summed E-state index contributed by atoms with van der Waals surface area (Å²) < 4.78 is 23.6. The van der Waals surface area contributed by atoms with Crippen molar-refractivity contribution in [3.63, 3.8) is 0 Å². The molecule has 0 spiro atoms. The highest BCUT2D eigenvalue weighted by atomic mass is 31.2. The van der Waals surface area contributed by atoms with Crippen LogP contribution in [0.5, 0.6) is 0 Å². The van der Waals surface area contributed by atoms with Gasteiger partial charge in [0.2, 0.25) is 0 Å². The second-order valence-corrected chi connectivity index (χ2v) is 8.16. The number of hydrogen-bond acceptors (Lipinski definition) is 3. The Morgan fingerprint density at radius 3 is 1.89 bits per heavy atom. The van der Waals surface area contributed by atoms with Crippen molar-refractivity contribution in [1.82, 2.24) is 0 Å². The second kappa shape index (κ2) is 5.35. The predicted molar refractivity (Wildman–Crippen MR) is 76.0 cm³/mol. The lowest BCUT2D eigenvalue weighted by Gasteiger charge is -2.51. The van der Waals surface area contributed by atoms with Gasteiger partial charge in [-0.15, -0.1) is 0 Å². The first-order chi connectivity index (χ1) is 9.13. The van der Waals surface area contributed by atoms with Crippen LogP contribution in [0, 0.1) is 23.7 Å². The summed E-state index contributed by atoms with van der Waals surface area (Å²) in [7, 11) is -3.01. The lowest BCUT2D eigenvalue weighted by atomic mass is 9.54. The fourth-order valence-corrected chi connectivity index (χ4v) is 6.32. The van der Waals surface area contributed by atoms with Crippen LogP contribution >= 0.6 is 7.60 Å². The molecule has 4 aliphatic rings. The zero-order chi connectivity index (χ0) is 13.5. The van der Waals surface area contributed by atoms with Gasteiger partial charge in [-0.1, -0.05) is 5.57 Å². The van der Waals surface area contributed by atoms with Crippen molar-refractivity contribution < 1.29 is 13.6 Å². The van der Waals surface area contributed by atoms with E-state index < -0.39 is 7.60 Å². The molecule has 0 aromatic rings. The van der Waals surface area contributed by atoms with Gasteiger partial charge in [0.1, 0.15) is 0 Å². The van der Waals surface area contributed by atoms with Crippen LogP contribution in [0.25, 0.3) is 0 Å². The molecule has 4 aliphatic carbocycles. The van der Waals surface area contributed by atoms with Gasteiger partial charge in [-0.2, -0.15) is 0 Å². The highest BCUT2D eigenvalue weighted by molar-refractivity contribution is 7.57. The summed E-state index contributed by atoms with van der Waals surface area (Å²) >= 11 is 0. The lowest BCUT2D eigenvalue weighted by Crippen LogP contribution is -2.40. The molecule has 4 rings (SSSR count). The smallest absolute Gasteiger partial charge is 0.306 e. The van der Waals surface area contributed by atoms with Gasteiger partial charge in [-0.05, 0) is 69.6 Å². The van der Waals surface area contributed by atoms with Crippen LogP contribution in [0.4, 0.5) is 0 Å². The minimum Gasteiger partial charge on any atom is -0.306 e. The van der Waals surface area contributed by atoms with Gasteiger partial charge in [0, 0.05) is 5.82 Å². The minimum absolute atomic E-state index is 0.446. The van der Waals surface area contributed by atoms with E-state index >= 15 is 0 Å². The summed E-state index contributed by atoms with van der Waals surface area (Å²) in [6.07, 6.45) is 6.65. The molecule has 0 atom stereocenters. The third-order valence-electron chi connectivity index (χ3n) is 5.01. The number of rotatable bonds is 5. The van der Waals surface area contributed by atoms with E-state index in [4.69, 9.17) is 9.05 Å². The van der Waals surface area contributed by atoms with Crippen LogP contribution in [0.1, 0.15) is 46.0 Å². The van der Waals surface area contributed by atoms with E-state index in [2.05, 4.69) is 0 Å². The van der Waals surface area contributed by atoms with Crippen LogP contribution in [0.3, 0.4) is 0 Å². The average Bonchev–Trinajstić information content (AvgIpc) is 2.33. The van der Waals surface area contributed by atoms with Gasteiger partial charge >= 0.3 is 7.60 Å². The lowest BCUT2D eigenvalue weighted by molar-refractivity contribution is 0.0695. The molecule has 0 N–H and O–H groups in total. The fourth-order valence-electron chi connectivity index (χ4n) is 4.59. The maximum Gasteiger partial charge on any atom is 0.354 e. The first-order valence-electron chi connectivity index (χ1n) is 7.75. The molecule has 3 nitrogen and oxygen atoms in total. The molecule has 108 valence electrons. The zero-order valence-corrected chi connectivity index (χ0v) is 12.9. The molecular formula is C15H25O3P. The highest BCUT2D eigenvalue weighted by Gasteiger charge is 2.46. The third-order valence-corrected chi connectivity index (χ3v) is 6.86. The molecule has 0 heterocycles. The van der Waals surface area contributed by atoms with E-state index in [1.165, 1.54) is 37.7 Å². The SMILES string of the molecule is CCOP(=O)(C=C1C2CC3CC(C2)CC1C3)OCC. The van der Waals surface area contributed by atoms with E-state index in [-0.39, 0.29) is 0 Å². The van der Waals surface area contributed by atoms with Crippen LogP contribution in [0.2, 0.25) is 0 Å². The molecule has 0 aromatic heterocycles. The molecule has 4 fully saturated rings. The van der Waals surface area contributed by atoms with Crippen LogP contribution in [0.15, 0.2) is 11.4 Å². The van der Waals surface area contributed by atoms with Crippen LogP contribution < -0.4 is 0 Å². The molecule has 19 heavy (non-hydrogen) atoms. The van der Waals surface area contributed by atoms with E-state index in [1.807, 2.05) is 19.7 Å². The number of hydrogen-bond donors (Lipinski definition) is 0. The van der Waals surface area contributed by atoms with Crippen molar-refractivity contribution in [2.45, 2.75) is 46.0 Å². The topological polar surface area (TPSA) is 35.5 Å². The van der Waals surface area contributed by atoms with Crippen molar-refractivity contribution in [3.8, 4) is 0 Å². The second-order valence-electron chi connectivity index (χ2n) is 6.31. The van der Waals surface area contributed by atoms with Crippen molar-refractivity contribution in [2.75, 3.05) is 13.2 Å². The summed E-state index contributed by atoms with van der Waals surface area (Å²) in [4.78, 5) is 0. The van der Waals surface area contributed by atoms with Crippen molar-refractivity contribution in [1.29, 1.82) is 0 Å². The summed E-state index contributed by atoms with van der Waals surface area (Å²) in [5.74, 6) is 5.07. The maximum absolute atomic E-state index is 12.7. The Hall–Kier alpha value is -0.110. The summed E-state index contributed by atoms with van der Waals surface area (Å²) in [6.45, 7) is 4.64. The zero-order valence-electron chi connectivity index (χ0n) is 12.0. The minimum atomic E-state index is -3.01. The normalized spacial score (nSPS) is 36.8. The molecule has 4 saturated carbocycles. The maximum atomic E-state index is 12.7. The standard InChI is InChI=1S/C15H25O3P/c1-3-17-19(16,18-4-2)10-15-13-6-11-5-12(8-13)9-14(15)7-11/h10-14H,3-9H2,1-2H3. The third kappa shape index (κ3) is 2.70. The Bertz CT molecular complexity index is 376. The Kier molecular flexibility index (Phi) is 3.90. The van der Waals surface area contributed by atoms with Gasteiger partial charge in [-0.25, -0.2) is 0 Å². The van der Waals surface area contributed by atoms with Gasteiger partial charge in [0.05, 0.1) is 13.2 Å². The van der Waals surface area contributed by atoms with E-state index in [9.17, 15) is 4.57 Å². The molecule has 0 aliphatic heterocycles. The number of allylic oxidation sites excluding steroid dienone is 1. The van der Waals surface area contributed by atoms with Gasteiger partial charge in [0.25, 0.3) is 0 Å². The van der Waals surface area contributed by atoms with Gasteiger partial charge in [0.15, 0.2) is 0 Å². The summed E-state index contributed by atoms with van der Waals surface area (Å²) in [6, 6.07) is 0. The summed E-state index contributed by atoms with van der Waals surface area (Å²) in [5, 5.41) is 0. The van der Waals surface area contributed by atoms with Gasteiger partial charge < -0.3 is 9.05 Å². The molecule has 0 amide bonds. The Morgan fingerprint density at radius 1 is 1.00 bits per heavy atom. The Balaban J connectivity index is 1.84. The molecule has 0 saturated heterocycles. The average molecular weight is 284 g/mol. The quantitative estimate of drug-likeness (QED) is 0.692.